The summed E-state index contributed by atoms with van der Waals surface area (Å²) in [5.74, 6) is -0.569. The van der Waals surface area contributed by atoms with Crippen LogP contribution in [0.3, 0.4) is 0 Å². The quantitative estimate of drug-likeness (QED) is 0.822. The van der Waals surface area contributed by atoms with Gasteiger partial charge in [-0.25, -0.2) is 4.79 Å². The zero-order valence-electron chi connectivity index (χ0n) is 12.9. The first kappa shape index (κ1) is 16.8. The molecule has 0 fully saturated rings. The third-order valence-electron chi connectivity index (χ3n) is 3.22. The van der Waals surface area contributed by atoms with Crippen LogP contribution in [0.2, 0.25) is 5.02 Å². The van der Waals surface area contributed by atoms with E-state index in [9.17, 15) is 9.59 Å². The monoisotopic (exact) mass is 332 g/mol. The molecule has 0 aliphatic rings. The van der Waals surface area contributed by atoms with Gasteiger partial charge < -0.3 is 15.4 Å². The first-order valence-electron chi connectivity index (χ1n) is 6.98. The van der Waals surface area contributed by atoms with Gasteiger partial charge in [-0.3, -0.25) is 4.79 Å². The van der Waals surface area contributed by atoms with Crippen LogP contribution in [0.4, 0.5) is 11.4 Å². The van der Waals surface area contributed by atoms with Crippen LogP contribution in [-0.4, -0.2) is 25.5 Å². The normalized spacial score (nSPS) is 10.0. The van der Waals surface area contributed by atoms with Crippen molar-refractivity contribution in [2.45, 2.75) is 6.92 Å². The fraction of sp³-hybridized carbons (Fsp3) is 0.176. The Morgan fingerprint density at radius 1 is 1.13 bits per heavy atom. The molecular formula is C17H17ClN2O3. The van der Waals surface area contributed by atoms with Crippen molar-refractivity contribution >= 4 is 34.9 Å². The van der Waals surface area contributed by atoms with Crippen molar-refractivity contribution in [2.75, 3.05) is 24.3 Å². The Balaban J connectivity index is 1.90. The van der Waals surface area contributed by atoms with Crippen LogP contribution < -0.4 is 10.6 Å². The standard InChI is InChI=1S/C17H17ClN2O3/c1-11-9-13(18)5-8-15(11)20-16(21)10-19-14-6-3-12(4-7-14)17(22)23-2/h3-9,19H,10H2,1-2H3,(H,20,21). The van der Waals surface area contributed by atoms with E-state index in [1.54, 1.807) is 42.5 Å². The van der Waals surface area contributed by atoms with Crippen molar-refractivity contribution in [3.05, 3.63) is 58.6 Å². The highest BCUT2D eigenvalue weighted by Gasteiger charge is 2.07. The Hall–Kier alpha value is -2.53. The average Bonchev–Trinajstić information content (AvgIpc) is 2.55. The lowest BCUT2D eigenvalue weighted by atomic mass is 10.2. The number of carbonyl (C=O) groups is 2. The lowest BCUT2D eigenvalue weighted by molar-refractivity contribution is -0.114. The zero-order valence-corrected chi connectivity index (χ0v) is 13.6. The van der Waals surface area contributed by atoms with Crippen LogP contribution in [0.5, 0.6) is 0 Å². The van der Waals surface area contributed by atoms with Crippen LogP contribution in [0.15, 0.2) is 42.5 Å². The Bertz CT molecular complexity index is 714. The number of nitrogens with one attached hydrogen (secondary N) is 2. The molecule has 2 aromatic carbocycles. The highest BCUT2D eigenvalue weighted by Crippen LogP contribution is 2.19. The number of hydrogen-bond donors (Lipinski definition) is 2. The number of amides is 1. The second-order valence-electron chi connectivity index (χ2n) is 4.93. The van der Waals surface area contributed by atoms with Crippen molar-refractivity contribution < 1.29 is 14.3 Å². The first-order valence-corrected chi connectivity index (χ1v) is 7.35. The van der Waals surface area contributed by atoms with Crippen LogP contribution >= 0.6 is 11.6 Å². The van der Waals surface area contributed by atoms with Crippen LogP contribution in [0.25, 0.3) is 0 Å². The van der Waals surface area contributed by atoms with E-state index in [-0.39, 0.29) is 12.5 Å². The molecule has 2 aromatic rings. The molecule has 0 saturated heterocycles. The molecule has 0 saturated carbocycles. The topological polar surface area (TPSA) is 67.4 Å². The van der Waals surface area contributed by atoms with E-state index < -0.39 is 5.97 Å². The van der Waals surface area contributed by atoms with E-state index in [1.165, 1.54) is 7.11 Å². The maximum absolute atomic E-state index is 12.0. The van der Waals surface area contributed by atoms with Gasteiger partial charge in [0.2, 0.25) is 5.91 Å². The SMILES string of the molecule is COC(=O)c1ccc(NCC(=O)Nc2ccc(Cl)cc2C)cc1. The van der Waals surface area contributed by atoms with Gasteiger partial charge in [0, 0.05) is 16.4 Å². The molecule has 6 heteroatoms. The molecule has 0 atom stereocenters. The number of benzene rings is 2. The molecule has 0 heterocycles. The maximum atomic E-state index is 12.0. The van der Waals surface area contributed by atoms with Gasteiger partial charge in [0.25, 0.3) is 0 Å². The van der Waals surface area contributed by atoms with Gasteiger partial charge in [0.05, 0.1) is 19.2 Å². The van der Waals surface area contributed by atoms with Gasteiger partial charge in [0.1, 0.15) is 0 Å². The van der Waals surface area contributed by atoms with E-state index in [2.05, 4.69) is 15.4 Å². The molecule has 2 N–H and O–H groups in total. The molecule has 0 aliphatic heterocycles. The van der Waals surface area contributed by atoms with Crippen molar-refractivity contribution in [3.63, 3.8) is 0 Å². The number of esters is 1. The lowest BCUT2D eigenvalue weighted by Crippen LogP contribution is -2.22. The van der Waals surface area contributed by atoms with Crippen molar-refractivity contribution in [1.29, 1.82) is 0 Å². The Kier molecular flexibility index (Phi) is 5.60. The predicted octanol–water partition coefficient (Wildman–Crippen LogP) is 3.49. The number of ether oxygens (including phenoxy) is 1. The Labute approximate surface area is 139 Å². The number of methoxy groups -OCH3 is 1. The van der Waals surface area contributed by atoms with Gasteiger partial charge in [0.15, 0.2) is 0 Å². The summed E-state index contributed by atoms with van der Waals surface area (Å²) in [7, 11) is 1.33. The molecular weight excluding hydrogens is 316 g/mol. The Morgan fingerprint density at radius 2 is 1.83 bits per heavy atom. The van der Waals surface area contributed by atoms with E-state index in [0.29, 0.717) is 10.6 Å². The molecule has 0 spiro atoms. The van der Waals surface area contributed by atoms with Gasteiger partial charge in [-0.2, -0.15) is 0 Å². The van der Waals surface area contributed by atoms with E-state index in [4.69, 9.17) is 11.6 Å². The van der Waals surface area contributed by atoms with Gasteiger partial charge in [-0.05, 0) is 55.0 Å². The van der Waals surface area contributed by atoms with Crippen LogP contribution in [0, 0.1) is 6.92 Å². The summed E-state index contributed by atoms with van der Waals surface area (Å²) >= 11 is 5.88. The average molecular weight is 333 g/mol. The summed E-state index contributed by atoms with van der Waals surface area (Å²) in [5, 5.41) is 6.43. The highest BCUT2D eigenvalue weighted by atomic mass is 35.5. The minimum absolute atomic E-state index is 0.111. The number of rotatable bonds is 5. The number of halogens is 1. The molecule has 0 bridgehead atoms. The number of anilines is 2. The lowest BCUT2D eigenvalue weighted by Gasteiger charge is -2.10. The Morgan fingerprint density at radius 3 is 2.43 bits per heavy atom. The third kappa shape index (κ3) is 4.72. The fourth-order valence-corrected chi connectivity index (χ4v) is 2.21. The molecule has 2 rings (SSSR count). The smallest absolute Gasteiger partial charge is 0.337 e. The molecule has 0 unspecified atom stereocenters. The molecule has 23 heavy (non-hydrogen) atoms. The molecule has 0 radical (unpaired) electrons. The largest absolute Gasteiger partial charge is 0.465 e. The summed E-state index contributed by atoms with van der Waals surface area (Å²) in [6.07, 6.45) is 0. The van der Waals surface area contributed by atoms with E-state index in [1.807, 2.05) is 6.92 Å². The summed E-state index contributed by atoms with van der Waals surface area (Å²) in [6, 6.07) is 12.0. The fourth-order valence-electron chi connectivity index (χ4n) is 1.99. The second-order valence-corrected chi connectivity index (χ2v) is 5.37. The predicted molar refractivity (Wildman–Crippen MR) is 91.1 cm³/mol. The van der Waals surface area contributed by atoms with Crippen LogP contribution in [0.1, 0.15) is 15.9 Å². The van der Waals surface area contributed by atoms with Gasteiger partial charge in [-0.15, -0.1) is 0 Å². The van der Waals surface area contributed by atoms with Gasteiger partial charge >= 0.3 is 5.97 Å². The van der Waals surface area contributed by atoms with Crippen molar-refractivity contribution in [1.82, 2.24) is 0 Å². The molecule has 5 nitrogen and oxygen atoms in total. The minimum atomic E-state index is -0.396. The van der Waals surface area contributed by atoms with Crippen LogP contribution in [-0.2, 0) is 9.53 Å². The van der Waals surface area contributed by atoms with E-state index >= 15 is 0 Å². The molecule has 0 aliphatic carbocycles. The maximum Gasteiger partial charge on any atom is 0.337 e. The minimum Gasteiger partial charge on any atom is -0.465 e. The highest BCUT2D eigenvalue weighted by molar-refractivity contribution is 6.30. The first-order chi connectivity index (χ1) is 11.0. The number of aryl methyl sites for hydroxylation is 1. The molecule has 120 valence electrons. The van der Waals surface area contributed by atoms with Crippen molar-refractivity contribution in [2.24, 2.45) is 0 Å². The number of carbonyl (C=O) groups excluding carboxylic acids is 2. The molecule has 1 amide bonds. The zero-order chi connectivity index (χ0) is 16.8. The summed E-state index contributed by atoms with van der Waals surface area (Å²) in [5.41, 5.74) is 2.82. The van der Waals surface area contributed by atoms with Crippen molar-refractivity contribution in [3.8, 4) is 0 Å². The number of hydrogen-bond acceptors (Lipinski definition) is 4. The van der Waals surface area contributed by atoms with Gasteiger partial charge in [-0.1, -0.05) is 11.6 Å². The summed E-state index contributed by atoms with van der Waals surface area (Å²) < 4.78 is 4.63. The summed E-state index contributed by atoms with van der Waals surface area (Å²) in [6.45, 7) is 1.99. The summed E-state index contributed by atoms with van der Waals surface area (Å²) in [4.78, 5) is 23.3. The third-order valence-corrected chi connectivity index (χ3v) is 3.46. The van der Waals surface area contributed by atoms with E-state index in [0.717, 1.165) is 16.9 Å². The molecule has 0 aromatic heterocycles. The second kappa shape index (κ2) is 7.65.